The first-order valence-electron chi connectivity index (χ1n) is 4.19. The van der Waals surface area contributed by atoms with Crippen LogP contribution in [0.3, 0.4) is 0 Å². The molecule has 1 aromatic rings. The summed E-state index contributed by atoms with van der Waals surface area (Å²) in [6.45, 7) is 0. The van der Waals surface area contributed by atoms with Crippen LogP contribution in [0.2, 0.25) is 0 Å². The van der Waals surface area contributed by atoms with Crippen molar-refractivity contribution in [2.75, 3.05) is 0 Å². The van der Waals surface area contributed by atoms with E-state index in [1.807, 2.05) is 0 Å². The van der Waals surface area contributed by atoms with Crippen LogP contribution in [0.1, 0.15) is 31.0 Å². The first kappa shape index (κ1) is 11.5. The molecule has 2 N–H and O–H groups in total. The topological polar surface area (TPSA) is 38.9 Å². The molecule has 0 aromatic carbocycles. The van der Waals surface area contributed by atoms with Crippen LogP contribution in [0.25, 0.3) is 0 Å². The molecule has 0 spiro atoms. The standard InChI is InChI=1S/C8H11F3N2S/c9-8(10,11)3-1-2-6(12)7-4-14-5-13-7/h4-6H,1-3,12H2. The van der Waals surface area contributed by atoms with Gasteiger partial charge in [-0.05, 0) is 12.8 Å². The summed E-state index contributed by atoms with van der Waals surface area (Å²) in [4.78, 5) is 3.94. The normalized spacial score (nSPS) is 14.3. The second-order valence-corrected chi connectivity index (χ2v) is 3.75. The number of nitrogens with zero attached hydrogens (tertiary/aromatic N) is 1. The average molecular weight is 224 g/mol. The number of hydrogen-bond acceptors (Lipinski definition) is 3. The molecule has 0 bridgehead atoms. The molecule has 6 heteroatoms. The SMILES string of the molecule is NC(CCCC(F)(F)F)c1cscn1. The third kappa shape index (κ3) is 4.06. The van der Waals surface area contributed by atoms with Crippen LogP contribution in [0.4, 0.5) is 13.2 Å². The summed E-state index contributed by atoms with van der Waals surface area (Å²) in [6.07, 6.45) is -4.47. The Balaban J connectivity index is 2.26. The van der Waals surface area contributed by atoms with Gasteiger partial charge in [0.25, 0.3) is 0 Å². The third-order valence-electron chi connectivity index (χ3n) is 1.81. The Hall–Kier alpha value is -0.620. The Bertz CT molecular complexity index is 258. The van der Waals surface area contributed by atoms with Gasteiger partial charge in [0.05, 0.1) is 11.2 Å². The van der Waals surface area contributed by atoms with Gasteiger partial charge in [-0.2, -0.15) is 13.2 Å². The Morgan fingerprint density at radius 3 is 2.71 bits per heavy atom. The lowest BCUT2D eigenvalue weighted by atomic mass is 10.1. The van der Waals surface area contributed by atoms with E-state index in [0.717, 1.165) is 0 Å². The molecule has 1 rings (SSSR count). The summed E-state index contributed by atoms with van der Waals surface area (Å²) < 4.78 is 35.4. The second kappa shape index (κ2) is 4.75. The van der Waals surface area contributed by atoms with Crippen molar-refractivity contribution in [3.63, 3.8) is 0 Å². The molecule has 80 valence electrons. The number of halogens is 3. The smallest absolute Gasteiger partial charge is 0.323 e. The summed E-state index contributed by atoms with van der Waals surface area (Å²) in [5.41, 5.74) is 7.95. The van der Waals surface area contributed by atoms with Crippen molar-refractivity contribution in [1.82, 2.24) is 4.98 Å². The predicted molar refractivity (Wildman–Crippen MR) is 48.9 cm³/mol. The van der Waals surface area contributed by atoms with Gasteiger partial charge in [0.15, 0.2) is 0 Å². The van der Waals surface area contributed by atoms with E-state index in [4.69, 9.17) is 5.73 Å². The van der Waals surface area contributed by atoms with Crippen LogP contribution in [0, 0.1) is 0 Å². The van der Waals surface area contributed by atoms with E-state index in [9.17, 15) is 13.2 Å². The minimum atomic E-state index is -4.08. The van der Waals surface area contributed by atoms with Gasteiger partial charge in [0.2, 0.25) is 0 Å². The first-order valence-corrected chi connectivity index (χ1v) is 5.14. The van der Waals surface area contributed by atoms with Gasteiger partial charge in [-0.3, -0.25) is 0 Å². The molecular weight excluding hydrogens is 213 g/mol. The summed E-state index contributed by atoms with van der Waals surface area (Å²) in [5, 5.41) is 1.76. The van der Waals surface area contributed by atoms with Crippen molar-refractivity contribution >= 4 is 11.3 Å². The lowest BCUT2D eigenvalue weighted by Gasteiger charge is -2.09. The monoisotopic (exact) mass is 224 g/mol. The van der Waals surface area contributed by atoms with E-state index in [0.29, 0.717) is 12.1 Å². The molecule has 0 aliphatic heterocycles. The van der Waals surface area contributed by atoms with E-state index in [1.165, 1.54) is 11.3 Å². The zero-order valence-electron chi connectivity index (χ0n) is 7.42. The minimum Gasteiger partial charge on any atom is -0.323 e. The van der Waals surface area contributed by atoms with Crippen molar-refractivity contribution in [3.05, 3.63) is 16.6 Å². The highest BCUT2D eigenvalue weighted by Crippen LogP contribution is 2.25. The minimum absolute atomic E-state index is 0.0577. The van der Waals surface area contributed by atoms with Crippen LogP contribution in [0.5, 0.6) is 0 Å². The Morgan fingerprint density at radius 1 is 1.50 bits per heavy atom. The fourth-order valence-electron chi connectivity index (χ4n) is 1.08. The fraction of sp³-hybridized carbons (Fsp3) is 0.625. The number of thiazole rings is 1. The molecule has 0 amide bonds. The number of hydrogen-bond donors (Lipinski definition) is 1. The first-order chi connectivity index (χ1) is 6.49. The van der Waals surface area contributed by atoms with Crippen molar-refractivity contribution in [2.24, 2.45) is 5.73 Å². The van der Waals surface area contributed by atoms with Gasteiger partial charge >= 0.3 is 6.18 Å². The molecule has 0 fully saturated rings. The maximum Gasteiger partial charge on any atom is 0.389 e. The van der Waals surface area contributed by atoms with Crippen molar-refractivity contribution in [1.29, 1.82) is 0 Å². The van der Waals surface area contributed by atoms with Crippen molar-refractivity contribution in [3.8, 4) is 0 Å². The zero-order valence-corrected chi connectivity index (χ0v) is 8.24. The van der Waals surface area contributed by atoms with Crippen molar-refractivity contribution < 1.29 is 13.2 Å². The van der Waals surface area contributed by atoms with E-state index >= 15 is 0 Å². The Kier molecular flexibility index (Phi) is 3.88. The molecule has 1 unspecified atom stereocenters. The highest BCUT2D eigenvalue weighted by molar-refractivity contribution is 7.07. The molecule has 0 radical (unpaired) electrons. The number of nitrogens with two attached hydrogens (primary N) is 1. The van der Waals surface area contributed by atoms with E-state index in [2.05, 4.69) is 4.98 Å². The summed E-state index contributed by atoms with van der Waals surface area (Å²) in [5.74, 6) is 0. The highest BCUT2D eigenvalue weighted by atomic mass is 32.1. The summed E-state index contributed by atoms with van der Waals surface area (Å²) in [6, 6.07) is -0.372. The third-order valence-corrected chi connectivity index (χ3v) is 2.41. The summed E-state index contributed by atoms with van der Waals surface area (Å²) >= 11 is 1.39. The maximum absolute atomic E-state index is 11.8. The Labute approximate surface area is 84.0 Å². The Morgan fingerprint density at radius 2 is 2.21 bits per heavy atom. The lowest BCUT2D eigenvalue weighted by molar-refractivity contribution is -0.135. The van der Waals surface area contributed by atoms with Crippen LogP contribution < -0.4 is 5.73 Å². The maximum atomic E-state index is 11.8. The lowest BCUT2D eigenvalue weighted by Crippen LogP contribution is -2.13. The van der Waals surface area contributed by atoms with E-state index < -0.39 is 12.6 Å². The van der Waals surface area contributed by atoms with Gasteiger partial charge in [-0.15, -0.1) is 11.3 Å². The largest absolute Gasteiger partial charge is 0.389 e. The van der Waals surface area contributed by atoms with Gasteiger partial charge in [-0.25, -0.2) is 4.98 Å². The molecule has 14 heavy (non-hydrogen) atoms. The molecule has 0 saturated heterocycles. The highest BCUT2D eigenvalue weighted by Gasteiger charge is 2.26. The van der Waals surface area contributed by atoms with Gasteiger partial charge in [0, 0.05) is 17.8 Å². The number of alkyl halides is 3. The van der Waals surface area contributed by atoms with Crippen molar-refractivity contribution in [2.45, 2.75) is 31.5 Å². The van der Waals surface area contributed by atoms with Gasteiger partial charge < -0.3 is 5.73 Å². The average Bonchev–Trinajstić information content (AvgIpc) is 2.53. The molecule has 1 atom stereocenters. The zero-order chi connectivity index (χ0) is 10.6. The quantitative estimate of drug-likeness (QED) is 0.854. The molecule has 0 aliphatic carbocycles. The molecule has 0 saturated carbocycles. The molecule has 1 heterocycles. The molecular formula is C8H11F3N2S. The van der Waals surface area contributed by atoms with E-state index in [1.54, 1.807) is 10.9 Å². The van der Waals surface area contributed by atoms with Crippen LogP contribution in [0.15, 0.2) is 10.9 Å². The van der Waals surface area contributed by atoms with Gasteiger partial charge in [0.1, 0.15) is 0 Å². The second-order valence-electron chi connectivity index (χ2n) is 3.03. The van der Waals surface area contributed by atoms with Crippen LogP contribution >= 0.6 is 11.3 Å². The van der Waals surface area contributed by atoms with E-state index in [-0.39, 0.29) is 12.5 Å². The van der Waals surface area contributed by atoms with Gasteiger partial charge in [-0.1, -0.05) is 0 Å². The number of aromatic nitrogens is 1. The molecule has 2 nitrogen and oxygen atoms in total. The predicted octanol–water partition coefficient (Wildman–Crippen LogP) is 2.88. The van der Waals surface area contributed by atoms with Crippen LogP contribution in [-0.2, 0) is 0 Å². The fourth-order valence-corrected chi connectivity index (χ4v) is 1.69. The molecule has 1 aromatic heterocycles. The molecule has 0 aliphatic rings. The van der Waals surface area contributed by atoms with Crippen LogP contribution in [-0.4, -0.2) is 11.2 Å². The summed E-state index contributed by atoms with van der Waals surface area (Å²) in [7, 11) is 0. The number of rotatable bonds is 4.